The number of hydrogen-bond acceptors (Lipinski definition) is 3. The van der Waals surface area contributed by atoms with Gasteiger partial charge in [0.2, 0.25) is 0 Å². The van der Waals surface area contributed by atoms with Crippen molar-refractivity contribution in [1.29, 1.82) is 0 Å². The molecule has 26 heavy (non-hydrogen) atoms. The number of hydrogen-bond donors (Lipinski definition) is 1. The second-order valence-corrected chi connectivity index (χ2v) is 7.81. The molecule has 0 fully saturated rings. The molecule has 0 unspecified atom stereocenters. The topological polar surface area (TPSA) is 37.5 Å². The molecule has 0 atom stereocenters. The number of rotatable bonds is 5. The van der Waals surface area contributed by atoms with Crippen molar-refractivity contribution in [2.24, 2.45) is 5.16 Å². The summed E-state index contributed by atoms with van der Waals surface area (Å²) in [5.74, 6) is -0.317. The van der Waals surface area contributed by atoms with E-state index >= 15 is 0 Å². The van der Waals surface area contributed by atoms with Crippen molar-refractivity contribution in [2.45, 2.75) is 6.54 Å². The van der Waals surface area contributed by atoms with Gasteiger partial charge < -0.3 is 38.2 Å². The Kier molecular flexibility index (Phi) is 6.59. The summed E-state index contributed by atoms with van der Waals surface area (Å²) in [5.41, 5.74) is 3.09. The molecule has 2 heterocycles. The fraction of sp³-hybridized carbons (Fsp3) is 0.211. The standard InChI is InChI=1S/C19H20FN3OS.HI/c1-23(2,3)13-16-5-4-11-22(16)19-17(10-12-25-19)18(21-24)14-6-8-15(20)9-7-14;/h4-12H,13H2,1-3H3;1H/b21-18-;. The van der Waals surface area contributed by atoms with E-state index < -0.39 is 0 Å². The van der Waals surface area contributed by atoms with Gasteiger partial charge in [-0.25, -0.2) is 4.39 Å². The summed E-state index contributed by atoms with van der Waals surface area (Å²) in [7, 11) is 6.43. The number of thiophene rings is 1. The van der Waals surface area contributed by atoms with Crippen LogP contribution in [0, 0.1) is 5.82 Å². The zero-order chi connectivity index (χ0) is 18.0. The van der Waals surface area contributed by atoms with Crippen LogP contribution < -0.4 is 24.0 Å². The zero-order valence-electron chi connectivity index (χ0n) is 14.9. The largest absolute Gasteiger partial charge is 1.00 e. The molecule has 3 aromatic rings. The van der Waals surface area contributed by atoms with Crippen LogP contribution in [-0.4, -0.2) is 41.1 Å². The van der Waals surface area contributed by atoms with Crippen molar-refractivity contribution >= 4 is 17.0 Å². The van der Waals surface area contributed by atoms with E-state index in [9.17, 15) is 9.60 Å². The Morgan fingerprint density at radius 3 is 2.46 bits per heavy atom. The molecular formula is C19H21FIN3OS. The highest BCUT2D eigenvalue weighted by atomic mass is 127. The summed E-state index contributed by atoms with van der Waals surface area (Å²) in [6.45, 7) is 0.868. The maximum absolute atomic E-state index is 13.2. The lowest BCUT2D eigenvalue weighted by atomic mass is 10.0. The highest BCUT2D eigenvalue weighted by Crippen LogP contribution is 2.27. The van der Waals surface area contributed by atoms with Gasteiger partial charge in [0, 0.05) is 17.3 Å². The number of halogens is 2. The normalized spacial score (nSPS) is 12.1. The molecule has 0 aliphatic rings. The van der Waals surface area contributed by atoms with Crippen LogP contribution in [0.15, 0.2) is 59.2 Å². The second-order valence-electron chi connectivity index (χ2n) is 6.91. The van der Waals surface area contributed by atoms with Gasteiger partial charge in [0.1, 0.15) is 23.1 Å². The molecular weight excluding hydrogens is 464 g/mol. The number of oxime groups is 1. The summed E-state index contributed by atoms with van der Waals surface area (Å²) >= 11 is 1.58. The predicted molar refractivity (Wildman–Crippen MR) is 99.2 cm³/mol. The summed E-state index contributed by atoms with van der Waals surface area (Å²) in [6, 6.07) is 12.0. The molecule has 0 radical (unpaired) electrons. The molecule has 1 N–H and O–H groups in total. The van der Waals surface area contributed by atoms with E-state index in [1.165, 1.54) is 17.8 Å². The molecule has 7 heteroatoms. The number of nitrogens with zero attached hydrogens (tertiary/aromatic N) is 3. The zero-order valence-corrected chi connectivity index (χ0v) is 17.8. The molecule has 0 aliphatic carbocycles. The van der Waals surface area contributed by atoms with E-state index in [4.69, 9.17) is 0 Å². The molecule has 0 amide bonds. The van der Waals surface area contributed by atoms with Crippen LogP contribution in [0.3, 0.4) is 0 Å². The lowest BCUT2D eigenvalue weighted by Gasteiger charge is -2.24. The minimum Gasteiger partial charge on any atom is -1.00 e. The first-order valence-electron chi connectivity index (χ1n) is 7.92. The monoisotopic (exact) mass is 485 g/mol. The Hall–Kier alpha value is -1.71. The smallest absolute Gasteiger partial charge is 0.123 e. The molecule has 2 aromatic heterocycles. The average Bonchev–Trinajstić information content (AvgIpc) is 3.17. The van der Waals surface area contributed by atoms with E-state index in [0.717, 1.165) is 21.6 Å². The van der Waals surface area contributed by atoms with Gasteiger partial charge in [-0.2, -0.15) is 0 Å². The molecule has 3 rings (SSSR count). The van der Waals surface area contributed by atoms with Gasteiger partial charge >= 0.3 is 0 Å². The van der Waals surface area contributed by atoms with Crippen molar-refractivity contribution in [3.63, 3.8) is 0 Å². The number of aromatic nitrogens is 1. The molecule has 0 bridgehead atoms. The first kappa shape index (κ1) is 20.6. The van der Waals surface area contributed by atoms with E-state index in [-0.39, 0.29) is 29.8 Å². The van der Waals surface area contributed by atoms with Gasteiger partial charge in [-0.3, -0.25) is 0 Å². The number of quaternary nitrogens is 1. The van der Waals surface area contributed by atoms with Gasteiger partial charge in [0.05, 0.1) is 26.8 Å². The van der Waals surface area contributed by atoms with Gasteiger partial charge in [-0.15, -0.1) is 11.3 Å². The Balaban J connectivity index is 0.00000243. The third kappa shape index (κ3) is 4.52. The first-order chi connectivity index (χ1) is 11.9. The van der Waals surface area contributed by atoms with Crippen molar-refractivity contribution in [3.8, 4) is 5.00 Å². The van der Waals surface area contributed by atoms with E-state index in [2.05, 4.69) is 36.9 Å². The highest BCUT2D eigenvalue weighted by Gasteiger charge is 2.19. The van der Waals surface area contributed by atoms with Crippen LogP contribution >= 0.6 is 11.3 Å². The summed E-state index contributed by atoms with van der Waals surface area (Å²) in [5, 5.41) is 16.0. The summed E-state index contributed by atoms with van der Waals surface area (Å²) in [6.07, 6.45) is 2.01. The van der Waals surface area contributed by atoms with Crippen LogP contribution in [-0.2, 0) is 6.54 Å². The highest BCUT2D eigenvalue weighted by molar-refractivity contribution is 7.13. The van der Waals surface area contributed by atoms with E-state index in [1.807, 2.05) is 23.7 Å². The number of benzene rings is 1. The third-order valence-electron chi connectivity index (χ3n) is 3.81. The minimum atomic E-state index is -0.317. The molecule has 0 saturated heterocycles. The van der Waals surface area contributed by atoms with Gasteiger partial charge in [0.25, 0.3) is 0 Å². The summed E-state index contributed by atoms with van der Waals surface area (Å²) < 4.78 is 16.1. The van der Waals surface area contributed by atoms with Crippen LogP contribution in [0.2, 0.25) is 0 Å². The third-order valence-corrected chi connectivity index (χ3v) is 4.72. The van der Waals surface area contributed by atoms with Crippen molar-refractivity contribution in [2.75, 3.05) is 21.1 Å². The minimum absolute atomic E-state index is 0. The fourth-order valence-corrected chi connectivity index (χ4v) is 3.69. The van der Waals surface area contributed by atoms with Gasteiger partial charge in [-0.1, -0.05) is 5.16 Å². The van der Waals surface area contributed by atoms with E-state index in [0.29, 0.717) is 11.3 Å². The SMILES string of the molecule is C[N+](C)(C)Cc1cccn1-c1sccc1/C(=N\O)c1ccc(F)cc1.[I-]. The van der Waals surface area contributed by atoms with Crippen LogP contribution in [0.25, 0.3) is 5.00 Å². The lowest BCUT2D eigenvalue weighted by molar-refractivity contribution is -0.884. The molecule has 0 saturated carbocycles. The molecule has 1 aromatic carbocycles. The van der Waals surface area contributed by atoms with Crippen LogP contribution in [0.1, 0.15) is 16.8 Å². The molecule has 4 nitrogen and oxygen atoms in total. The van der Waals surface area contributed by atoms with Crippen LogP contribution in [0.5, 0.6) is 0 Å². The van der Waals surface area contributed by atoms with Gasteiger partial charge in [-0.05, 0) is 47.8 Å². The fourth-order valence-electron chi connectivity index (χ4n) is 2.77. The maximum atomic E-state index is 13.2. The Labute approximate surface area is 173 Å². The molecule has 138 valence electrons. The predicted octanol–water partition coefficient (Wildman–Crippen LogP) is 1.11. The first-order valence-corrected chi connectivity index (χ1v) is 8.80. The summed E-state index contributed by atoms with van der Waals surface area (Å²) in [4.78, 5) is 0. The lowest BCUT2D eigenvalue weighted by Crippen LogP contribution is -3.00. The molecule has 0 aliphatic heterocycles. The van der Waals surface area contributed by atoms with Crippen molar-refractivity contribution < 1.29 is 38.1 Å². The molecule has 0 spiro atoms. The van der Waals surface area contributed by atoms with Crippen molar-refractivity contribution in [3.05, 3.63) is 76.7 Å². The van der Waals surface area contributed by atoms with E-state index in [1.54, 1.807) is 23.5 Å². The Morgan fingerprint density at radius 1 is 1.15 bits per heavy atom. The second kappa shape index (κ2) is 8.32. The van der Waals surface area contributed by atoms with Gasteiger partial charge in [0.15, 0.2) is 0 Å². The van der Waals surface area contributed by atoms with Crippen molar-refractivity contribution in [1.82, 2.24) is 4.57 Å². The maximum Gasteiger partial charge on any atom is 0.123 e. The van der Waals surface area contributed by atoms with Crippen LogP contribution in [0.4, 0.5) is 4.39 Å². The quantitative estimate of drug-likeness (QED) is 0.190. The Bertz CT molecular complexity index is 894. The average molecular weight is 485 g/mol. The Morgan fingerprint density at radius 2 is 1.85 bits per heavy atom.